The van der Waals surface area contributed by atoms with E-state index in [1.54, 1.807) is 0 Å². The summed E-state index contributed by atoms with van der Waals surface area (Å²) in [7, 11) is 0. The van der Waals surface area contributed by atoms with Crippen molar-refractivity contribution in [1.82, 2.24) is 0 Å². The van der Waals surface area contributed by atoms with Gasteiger partial charge in [0.2, 0.25) is 0 Å². The van der Waals surface area contributed by atoms with Crippen LogP contribution in [0.3, 0.4) is 0 Å². The molecule has 0 aromatic rings. The van der Waals surface area contributed by atoms with Crippen LogP contribution in [0.1, 0.15) is 78.6 Å². The van der Waals surface area contributed by atoms with E-state index in [4.69, 9.17) is 0 Å². The van der Waals surface area contributed by atoms with Crippen molar-refractivity contribution in [2.24, 2.45) is 11.3 Å². The summed E-state index contributed by atoms with van der Waals surface area (Å²) < 4.78 is 0. The molecule has 0 N–H and O–H groups in total. The minimum Gasteiger partial charge on any atom is -0.0654 e. The van der Waals surface area contributed by atoms with Crippen LogP contribution in [0.5, 0.6) is 0 Å². The van der Waals surface area contributed by atoms with Gasteiger partial charge < -0.3 is 0 Å². The molecule has 1 fully saturated rings. The first-order chi connectivity index (χ1) is 6.66. The van der Waals surface area contributed by atoms with Crippen LogP contribution in [-0.4, -0.2) is 0 Å². The number of hydrogen-bond acceptors (Lipinski definition) is 0. The average Bonchev–Trinajstić information content (AvgIpc) is 2.15. The highest BCUT2D eigenvalue weighted by atomic mass is 14.3. The molecule has 0 saturated heterocycles. The second-order valence-electron chi connectivity index (χ2n) is 5.82. The Bertz CT molecular complexity index is 142. The number of rotatable bonds is 5. The molecule has 0 aliphatic heterocycles. The van der Waals surface area contributed by atoms with Crippen LogP contribution < -0.4 is 0 Å². The van der Waals surface area contributed by atoms with E-state index in [1.807, 2.05) is 0 Å². The van der Waals surface area contributed by atoms with E-state index in [0.717, 1.165) is 5.92 Å². The second kappa shape index (κ2) is 5.78. The van der Waals surface area contributed by atoms with Crippen LogP contribution in [0.25, 0.3) is 0 Å². The van der Waals surface area contributed by atoms with Gasteiger partial charge in [0.1, 0.15) is 0 Å². The van der Waals surface area contributed by atoms with Gasteiger partial charge in [0.25, 0.3) is 0 Å². The third-order valence-electron chi connectivity index (χ3n) is 3.95. The SMILES string of the molecule is CCCCC(C)CC1(C)CCCCC1. The van der Waals surface area contributed by atoms with Crippen LogP contribution in [-0.2, 0) is 0 Å². The van der Waals surface area contributed by atoms with Crippen LogP contribution in [0.2, 0.25) is 0 Å². The number of hydrogen-bond donors (Lipinski definition) is 0. The van der Waals surface area contributed by atoms with Crippen molar-refractivity contribution in [2.75, 3.05) is 0 Å². The first kappa shape index (κ1) is 12.1. The molecule has 84 valence electrons. The molecule has 0 spiro atoms. The fourth-order valence-corrected chi connectivity index (χ4v) is 3.11. The van der Waals surface area contributed by atoms with Crippen molar-refractivity contribution in [3.8, 4) is 0 Å². The Morgan fingerprint density at radius 2 is 1.79 bits per heavy atom. The minimum absolute atomic E-state index is 0.700. The molecule has 1 aliphatic rings. The summed E-state index contributed by atoms with van der Waals surface area (Å²) in [6.07, 6.45) is 13.2. The summed E-state index contributed by atoms with van der Waals surface area (Å²) in [6.45, 7) is 7.28. The molecule has 1 atom stereocenters. The fourth-order valence-electron chi connectivity index (χ4n) is 3.11. The van der Waals surface area contributed by atoms with E-state index in [1.165, 1.54) is 57.8 Å². The molecule has 0 aromatic heterocycles. The van der Waals surface area contributed by atoms with Crippen LogP contribution in [0.15, 0.2) is 0 Å². The van der Waals surface area contributed by atoms with E-state index < -0.39 is 0 Å². The first-order valence-electron chi connectivity index (χ1n) is 6.66. The molecule has 1 rings (SSSR count). The molecule has 1 unspecified atom stereocenters. The minimum atomic E-state index is 0.700. The summed E-state index contributed by atoms with van der Waals surface area (Å²) in [4.78, 5) is 0. The monoisotopic (exact) mass is 196 g/mol. The summed E-state index contributed by atoms with van der Waals surface area (Å²) in [5, 5.41) is 0. The maximum Gasteiger partial charge on any atom is -0.0323 e. The van der Waals surface area contributed by atoms with E-state index in [0.29, 0.717) is 5.41 Å². The van der Waals surface area contributed by atoms with Crippen LogP contribution >= 0.6 is 0 Å². The number of unbranched alkanes of at least 4 members (excludes halogenated alkanes) is 1. The van der Waals surface area contributed by atoms with Crippen molar-refractivity contribution in [3.05, 3.63) is 0 Å². The molecule has 0 bridgehead atoms. The fraction of sp³-hybridized carbons (Fsp3) is 1.00. The Morgan fingerprint density at radius 3 is 2.36 bits per heavy atom. The van der Waals surface area contributed by atoms with Gasteiger partial charge in [-0.05, 0) is 30.6 Å². The lowest BCUT2D eigenvalue weighted by Gasteiger charge is -2.36. The summed E-state index contributed by atoms with van der Waals surface area (Å²) >= 11 is 0. The maximum absolute atomic E-state index is 2.52. The second-order valence-corrected chi connectivity index (χ2v) is 5.82. The zero-order valence-electron chi connectivity index (χ0n) is 10.4. The van der Waals surface area contributed by atoms with Crippen molar-refractivity contribution in [2.45, 2.75) is 78.6 Å². The lowest BCUT2D eigenvalue weighted by Crippen LogP contribution is -2.22. The highest BCUT2D eigenvalue weighted by molar-refractivity contribution is 4.80. The topological polar surface area (TPSA) is 0 Å². The van der Waals surface area contributed by atoms with Gasteiger partial charge >= 0.3 is 0 Å². The molecule has 0 heteroatoms. The van der Waals surface area contributed by atoms with Gasteiger partial charge in [0.15, 0.2) is 0 Å². The first-order valence-corrected chi connectivity index (χ1v) is 6.66. The molecular weight excluding hydrogens is 168 g/mol. The summed E-state index contributed by atoms with van der Waals surface area (Å²) in [6, 6.07) is 0. The molecule has 1 saturated carbocycles. The van der Waals surface area contributed by atoms with E-state index >= 15 is 0 Å². The molecule has 0 nitrogen and oxygen atoms in total. The Balaban J connectivity index is 2.25. The summed E-state index contributed by atoms with van der Waals surface area (Å²) in [5.74, 6) is 0.957. The molecule has 1 aliphatic carbocycles. The Labute approximate surface area is 90.5 Å². The Kier molecular flexibility index (Phi) is 4.98. The van der Waals surface area contributed by atoms with E-state index in [9.17, 15) is 0 Å². The zero-order valence-corrected chi connectivity index (χ0v) is 10.4. The predicted molar refractivity (Wildman–Crippen MR) is 64.5 cm³/mol. The third-order valence-corrected chi connectivity index (χ3v) is 3.95. The largest absolute Gasteiger partial charge is 0.0654 e. The standard InChI is InChI=1S/C14H28/c1-4-5-9-13(2)12-14(3)10-7-6-8-11-14/h13H,4-12H2,1-3H3. The van der Waals surface area contributed by atoms with E-state index in [2.05, 4.69) is 20.8 Å². The van der Waals surface area contributed by atoms with Gasteiger partial charge in [-0.3, -0.25) is 0 Å². The quantitative estimate of drug-likeness (QED) is 0.569. The van der Waals surface area contributed by atoms with Crippen LogP contribution in [0, 0.1) is 11.3 Å². The molecule has 0 heterocycles. The summed E-state index contributed by atoms with van der Waals surface area (Å²) in [5.41, 5.74) is 0.700. The highest BCUT2D eigenvalue weighted by Crippen LogP contribution is 2.41. The van der Waals surface area contributed by atoms with Gasteiger partial charge in [0, 0.05) is 0 Å². The lowest BCUT2D eigenvalue weighted by atomic mass is 9.70. The zero-order chi connectivity index (χ0) is 10.4. The van der Waals surface area contributed by atoms with Crippen molar-refractivity contribution < 1.29 is 0 Å². The Hall–Kier alpha value is 0. The van der Waals surface area contributed by atoms with E-state index in [-0.39, 0.29) is 0 Å². The van der Waals surface area contributed by atoms with Gasteiger partial charge in [0.05, 0.1) is 0 Å². The Morgan fingerprint density at radius 1 is 1.14 bits per heavy atom. The molecular formula is C14H28. The van der Waals surface area contributed by atoms with Crippen molar-refractivity contribution in [1.29, 1.82) is 0 Å². The molecule has 0 amide bonds. The molecule has 0 radical (unpaired) electrons. The van der Waals surface area contributed by atoms with Gasteiger partial charge in [-0.2, -0.15) is 0 Å². The predicted octanol–water partition coefficient (Wildman–Crippen LogP) is 5.17. The normalized spacial score (nSPS) is 23.4. The smallest absolute Gasteiger partial charge is 0.0323 e. The maximum atomic E-state index is 2.52. The van der Waals surface area contributed by atoms with Gasteiger partial charge in [-0.1, -0.05) is 59.3 Å². The van der Waals surface area contributed by atoms with Crippen molar-refractivity contribution in [3.63, 3.8) is 0 Å². The third kappa shape index (κ3) is 4.02. The molecule has 14 heavy (non-hydrogen) atoms. The van der Waals surface area contributed by atoms with Crippen molar-refractivity contribution >= 4 is 0 Å². The lowest BCUT2D eigenvalue weighted by molar-refractivity contribution is 0.165. The van der Waals surface area contributed by atoms with Gasteiger partial charge in [-0.25, -0.2) is 0 Å². The average molecular weight is 196 g/mol. The highest BCUT2D eigenvalue weighted by Gasteiger charge is 2.27. The van der Waals surface area contributed by atoms with Gasteiger partial charge in [-0.15, -0.1) is 0 Å². The van der Waals surface area contributed by atoms with Crippen LogP contribution in [0.4, 0.5) is 0 Å². The molecule has 0 aromatic carbocycles.